The van der Waals surface area contributed by atoms with Crippen molar-refractivity contribution in [3.8, 4) is 0 Å². The molecule has 0 amide bonds. The molecule has 3 rings (SSSR count). The van der Waals surface area contributed by atoms with Gasteiger partial charge in [0.1, 0.15) is 17.4 Å². The molecule has 5 heteroatoms. The maximum Gasteiger partial charge on any atom is 0.160 e. The minimum Gasteiger partial charge on any atom is -0.383 e. The Balaban J connectivity index is 2.04. The summed E-state index contributed by atoms with van der Waals surface area (Å²) in [6, 6.07) is 3.90. The Hall–Kier alpha value is -1.46. The highest BCUT2D eigenvalue weighted by molar-refractivity contribution is 5.71. The first-order chi connectivity index (χ1) is 8.90. The van der Waals surface area contributed by atoms with Crippen molar-refractivity contribution in [2.45, 2.75) is 25.5 Å². The first-order valence-corrected chi connectivity index (χ1v) is 6.32. The summed E-state index contributed by atoms with van der Waals surface area (Å²) in [5.41, 5.74) is 1.85. The van der Waals surface area contributed by atoms with E-state index in [9.17, 15) is 0 Å². The third kappa shape index (κ3) is 2.00. The monoisotopic (exact) mass is 247 g/mol. The van der Waals surface area contributed by atoms with Crippen LogP contribution < -0.4 is 0 Å². The van der Waals surface area contributed by atoms with Gasteiger partial charge in [0.2, 0.25) is 0 Å². The summed E-state index contributed by atoms with van der Waals surface area (Å²) in [5, 5.41) is 0. The van der Waals surface area contributed by atoms with Gasteiger partial charge in [0, 0.05) is 26.5 Å². The lowest BCUT2D eigenvalue weighted by Crippen LogP contribution is -2.12. The number of ether oxygens (including phenoxy) is 2. The number of aromatic nitrogens is 3. The average molecular weight is 247 g/mol. The van der Waals surface area contributed by atoms with Crippen LogP contribution in [0.2, 0.25) is 0 Å². The van der Waals surface area contributed by atoms with E-state index in [1.54, 1.807) is 13.3 Å². The van der Waals surface area contributed by atoms with Crippen LogP contribution in [0.1, 0.15) is 24.8 Å². The SMILES string of the molecule is COCCn1c(C2CCCO2)nc2cccnc21. The number of hydrogen-bond acceptors (Lipinski definition) is 4. The third-order valence-electron chi connectivity index (χ3n) is 3.27. The maximum atomic E-state index is 5.74. The van der Waals surface area contributed by atoms with E-state index in [1.165, 1.54) is 0 Å². The molecule has 18 heavy (non-hydrogen) atoms. The predicted octanol–water partition coefficient (Wildman–Crippen LogP) is 1.93. The third-order valence-corrected chi connectivity index (χ3v) is 3.27. The molecule has 2 aromatic heterocycles. The fourth-order valence-electron chi connectivity index (χ4n) is 2.41. The van der Waals surface area contributed by atoms with Crippen molar-refractivity contribution < 1.29 is 9.47 Å². The molecule has 96 valence electrons. The zero-order valence-corrected chi connectivity index (χ0v) is 10.5. The van der Waals surface area contributed by atoms with Crippen molar-refractivity contribution in [1.29, 1.82) is 0 Å². The molecule has 0 aromatic carbocycles. The first-order valence-electron chi connectivity index (χ1n) is 6.32. The number of methoxy groups -OCH3 is 1. The Labute approximate surface area is 106 Å². The second kappa shape index (κ2) is 5.04. The topological polar surface area (TPSA) is 49.2 Å². The fourth-order valence-corrected chi connectivity index (χ4v) is 2.41. The summed E-state index contributed by atoms with van der Waals surface area (Å²) < 4.78 is 13.0. The van der Waals surface area contributed by atoms with Gasteiger partial charge in [-0.3, -0.25) is 0 Å². The second-order valence-electron chi connectivity index (χ2n) is 4.46. The van der Waals surface area contributed by atoms with Gasteiger partial charge in [-0.2, -0.15) is 0 Å². The molecule has 2 aromatic rings. The Kier molecular flexibility index (Phi) is 3.25. The van der Waals surface area contributed by atoms with Gasteiger partial charge in [0.25, 0.3) is 0 Å². The maximum absolute atomic E-state index is 5.74. The van der Waals surface area contributed by atoms with Crippen LogP contribution in [0.15, 0.2) is 18.3 Å². The standard InChI is InChI=1S/C13H17N3O2/c1-17-9-7-16-12-10(4-2-6-14-12)15-13(16)11-5-3-8-18-11/h2,4,6,11H,3,5,7-9H2,1H3. The normalized spacial score (nSPS) is 19.7. The molecule has 0 aliphatic carbocycles. The Morgan fingerprint density at radius 1 is 1.56 bits per heavy atom. The summed E-state index contributed by atoms with van der Waals surface area (Å²) in [5.74, 6) is 0.984. The van der Waals surface area contributed by atoms with E-state index in [0.717, 1.165) is 43.0 Å². The molecule has 1 atom stereocenters. The van der Waals surface area contributed by atoms with Gasteiger partial charge >= 0.3 is 0 Å². The Morgan fingerprint density at radius 2 is 2.50 bits per heavy atom. The molecule has 1 aliphatic rings. The molecule has 0 spiro atoms. The van der Waals surface area contributed by atoms with Crippen molar-refractivity contribution in [1.82, 2.24) is 14.5 Å². The molecule has 1 unspecified atom stereocenters. The number of pyridine rings is 1. The van der Waals surface area contributed by atoms with Gasteiger partial charge in [-0.1, -0.05) is 0 Å². The van der Waals surface area contributed by atoms with Crippen LogP contribution in [0.4, 0.5) is 0 Å². The second-order valence-corrected chi connectivity index (χ2v) is 4.46. The summed E-state index contributed by atoms with van der Waals surface area (Å²) in [6.45, 7) is 2.24. The number of hydrogen-bond donors (Lipinski definition) is 0. The number of fused-ring (bicyclic) bond motifs is 1. The molecule has 0 saturated carbocycles. The van der Waals surface area contributed by atoms with Gasteiger partial charge in [-0.25, -0.2) is 9.97 Å². The van der Waals surface area contributed by atoms with Crippen molar-refractivity contribution in [3.63, 3.8) is 0 Å². The number of rotatable bonds is 4. The lowest BCUT2D eigenvalue weighted by molar-refractivity contribution is 0.1000. The van der Waals surface area contributed by atoms with Gasteiger partial charge in [0.15, 0.2) is 5.65 Å². The smallest absolute Gasteiger partial charge is 0.160 e. The van der Waals surface area contributed by atoms with Crippen LogP contribution in [0.3, 0.4) is 0 Å². The molecule has 3 heterocycles. The van der Waals surface area contributed by atoms with E-state index in [0.29, 0.717) is 6.61 Å². The van der Waals surface area contributed by atoms with Gasteiger partial charge < -0.3 is 14.0 Å². The molecule has 1 saturated heterocycles. The number of imidazole rings is 1. The van der Waals surface area contributed by atoms with Crippen LogP contribution in [0, 0.1) is 0 Å². The largest absolute Gasteiger partial charge is 0.383 e. The molecule has 0 radical (unpaired) electrons. The Morgan fingerprint density at radius 3 is 3.28 bits per heavy atom. The summed E-state index contributed by atoms with van der Waals surface area (Å²) in [4.78, 5) is 9.08. The minimum atomic E-state index is 0.107. The van der Waals surface area contributed by atoms with Crippen LogP contribution in [0.25, 0.3) is 11.2 Å². The number of nitrogens with zero attached hydrogens (tertiary/aromatic N) is 3. The zero-order valence-electron chi connectivity index (χ0n) is 10.5. The average Bonchev–Trinajstić information content (AvgIpc) is 3.03. The molecule has 5 nitrogen and oxygen atoms in total. The van der Waals surface area contributed by atoms with Crippen molar-refractivity contribution >= 4 is 11.2 Å². The van der Waals surface area contributed by atoms with E-state index < -0.39 is 0 Å². The highest BCUT2D eigenvalue weighted by Crippen LogP contribution is 2.29. The highest BCUT2D eigenvalue weighted by atomic mass is 16.5. The molecule has 0 N–H and O–H groups in total. The lowest BCUT2D eigenvalue weighted by Gasteiger charge is -2.12. The zero-order chi connectivity index (χ0) is 12.4. The van der Waals surface area contributed by atoms with Crippen molar-refractivity contribution in [2.24, 2.45) is 0 Å². The van der Waals surface area contributed by atoms with Crippen LogP contribution in [-0.2, 0) is 16.0 Å². The highest BCUT2D eigenvalue weighted by Gasteiger charge is 2.24. The van der Waals surface area contributed by atoms with Gasteiger partial charge in [0.05, 0.1) is 6.61 Å². The van der Waals surface area contributed by atoms with Crippen molar-refractivity contribution in [3.05, 3.63) is 24.2 Å². The minimum absolute atomic E-state index is 0.107. The summed E-state index contributed by atoms with van der Waals surface area (Å²) >= 11 is 0. The van der Waals surface area contributed by atoms with Crippen molar-refractivity contribution in [2.75, 3.05) is 20.3 Å². The van der Waals surface area contributed by atoms with E-state index in [2.05, 4.69) is 14.5 Å². The van der Waals surface area contributed by atoms with Crippen LogP contribution >= 0.6 is 0 Å². The van der Waals surface area contributed by atoms with E-state index >= 15 is 0 Å². The lowest BCUT2D eigenvalue weighted by atomic mass is 10.2. The quantitative estimate of drug-likeness (QED) is 0.828. The van der Waals surface area contributed by atoms with E-state index in [-0.39, 0.29) is 6.10 Å². The predicted molar refractivity (Wildman–Crippen MR) is 67.3 cm³/mol. The molecular weight excluding hydrogens is 230 g/mol. The first kappa shape index (κ1) is 11.6. The van der Waals surface area contributed by atoms with E-state index in [4.69, 9.17) is 9.47 Å². The van der Waals surface area contributed by atoms with Crippen LogP contribution in [-0.4, -0.2) is 34.9 Å². The fraction of sp³-hybridized carbons (Fsp3) is 0.538. The van der Waals surface area contributed by atoms with Gasteiger partial charge in [-0.05, 0) is 25.0 Å². The van der Waals surface area contributed by atoms with Crippen LogP contribution in [0.5, 0.6) is 0 Å². The summed E-state index contributed by atoms with van der Waals surface area (Å²) in [7, 11) is 1.71. The molecule has 0 bridgehead atoms. The molecular formula is C13H17N3O2. The van der Waals surface area contributed by atoms with E-state index in [1.807, 2.05) is 12.1 Å². The van der Waals surface area contributed by atoms with Gasteiger partial charge in [-0.15, -0.1) is 0 Å². The molecule has 1 aliphatic heterocycles. The Bertz CT molecular complexity index is 532. The summed E-state index contributed by atoms with van der Waals surface area (Å²) in [6.07, 6.45) is 4.05. The molecule has 1 fully saturated rings.